The second-order valence-electron chi connectivity index (χ2n) is 7.62. The summed E-state index contributed by atoms with van der Waals surface area (Å²) in [5.74, 6) is 1.80. The summed E-state index contributed by atoms with van der Waals surface area (Å²) in [6.45, 7) is 5.22. The largest absolute Gasteiger partial charge is 0.461 e. The maximum atomic E-state index is 12.9. The molecule has 0 saturated carbocycles. The van der Waals surface area contributed by atoms with Crippen LogP contribution in [0.15, 0.2) is 28.7 Å². The van der Waals surface area contributed by atoms with Crippen molar-refractivity contribution >= 4 is 34.9 Å². The van der Waals surface area contributed by atoms with Crippen LogP contribution in [0.5, 0.6) is 0 Å². The van der Waals surface area contributed by atoms with Crippen LogP contribution in [0.1, 0.15) is 24.7 Å². The zero-order valence-corrected chi connectivity index (χ0v) is 18.3. The normalized spacial score (nSPS) is 19.3. The molecule has 2 unspecified atom stereocenters. The van der Waals surface area contributed by atoms with Crippen molar-refractivity contribution in [3.63, 3.8) is 0 Å². The van der Waals surface area contributed by atoms with Crippen molar-refractivity contribution in [2.24, 2.45) is 0 Å². The smallest absolute Gasteiger partial charge is 0.239 e. The number of benzene rings is 1. The molecule has 1 saturated heterocycles. The maximum Gasteiger partial charge on any atom is 0.239 e. The number of carbonyl (C=O) groups is 2. The minimum absolute atomic E-state index is 0.0665. The Hall–Kier alpha value is -1.83. The molecule has 2 heterocycles. The number of hydrogen-bond donors (Lipinski definition) is 1. The van der Waals surface area contributed by atoms with Gasteiger partial charge in [-0.1, -0.05) is 25.1 Å². The molecule has 7 heteroatoms. The van der Waals surface area contributed by atoms with Crippen LogP contribution >= 0.6 is 11.8 Å². The van der Waals surface area contributed by atoms with Crippen molar-refractivity contribution in [1.82, 2.24) is 15.1 Å². The van der Waals surface area contributed by atoms with E-state index in [1.807, 2.05) is 31.5 Å². The molecule has 0 aliphatic carbocycles. The van der Waals surface area contributed by atoms with Crippen LogP contribution in [-0.4, -0.2) is 72.8 Å². The summed E-state index contributed by atoms with van der Waals surface area (Å²) in [7, 11) is 1.98. The number of nitrogens with zero attached hydrogens (tertiary/aromatic N) is 2. The number of aldehydes is 1. The molecule has 1 amide bonds. The van der Waals surface area contributed by atoms with E-state index in [0.717, 1.165) is 54.8 Å². The summed E-state index contributed by atoms with van der Waals surface area (Å²) in [6.07, 6.45) is 4.36. The van der Waals surface area contributed by atoms with Crippen LogP contribution in [-0.2, 0) is 22.6 Å². The molecule has 2 aromatic rings. The molecule has 0 bridgehead atoms. The zero-order valence-electron chi connectivity index (χ0n) is 17.5. The predicted molar refractivity (Wildman–Crippen MR) is 118 cm³/mol. The van der Waals surface area contributed by atoms with Crippen LogP contribution in [0.3, 0.4) is 0 Å². The Morgan fingerprint density at radius 2 is 2.17 bits per heavy atom. The summed E-state index contributed by atoms with van der Waals surface area (Å²) in [4.78, 5) is 28.6. The highest BCUT2D eigenvalue weighted by Gasteiger charge is 2.31. The lowest BCUT2D eigenvalue weighted by atomic mass is 10.1. The number of furan rings is 1. The van der Waals surface area contributed by atoms with E-state index < -0.39 is 6.04 Å². The molecule has 0 radical (unpaired) electrons. The first-order chi connectivity index (χ1) is 14.1. The van der Waals surface area contributed by atoms with Gasteiger partial charge < -0.3 is 14.5 Å². The summed E-state index contributed by atoms with van der Waals surface area (Å²) >= 11 is 1.68. The van der Waals surface area contributed by atoms with Crippen molar-refractivity contribution in [2.75, 3.05) is 38.7 Å². The van der Waals surface area contributed by atoms with Gasteiger partial charge in [0.25, 0.3) is 0 Å². The molecule has 1 aromatic carbocycles. The number of nitrogens with one attached hydrogen (secondary N) is 1. The van der Waals surface area contributed by atoms with Gasteiger partial charge in [0.2, 0.25) is 5.91 Å². The average Bonchev–Trinajstić information content (AvgIpc) is 3.09. The summed E-state index contributed by atoms with van der Waals surface area (Å²) in [5, 5.41) is 4.08. The second-order valence-corrected chi connectivity index (χ2v) is 8.60. The maximum absolute atomic E-state index is 12.9. The van der Waals surface area contributed by atoms with Crippen molar-refractivity contribution < 1.29 is 14.0 Å². The Morgan fingerprint density at radius 3 is 2.90 bits per heavy atom. The van der Waals surface area contributed by atoms with E-state index in [1.165, 1.54) is 5.56 Å². The molecule has 1 fully saturated rings. The molecule has 2 atom stereocenters. The van der Waals surface area contributed by atoms with Crippen molar-refractivity contribution in [3.05, 3.63) is 35.6 Å². The van der Waals surface area contributed by atoms with E-state index >= 15 is 0 Å². The zero-order chi connectivity index (χ0) is 20.8. The number of thioether (sulfide) groups is 1. The monoisotopic (exact) mass is 417 g/mol. The fourth-order valence-corrected chi connectivity index (χ4v) is 4.38. The van der Waals surface area contributed by atoms with E-state index in [2.05, 4.69) is 28.1 Å². The van der Waals surface area contributed by atoms with Gasteiger partial charge in [-0.2, -0.15) is 11.8 Å². The standard InChI is InChI=1S/C22H31N3O3S/c1-4-20-18(17-7-5-6-8-21(17)28-20)13-25-11-10-24(2)19(14-25)22(27)23-16(15-26)9-12-29-3/h5-8,15-16,19H,4,9-14H2,1-3H3,(H,23,27). The Labute approximate surface area is 177 Å². The van der Waals surface area contributed by atoms with Crippen molar-refractivity contribution in [3.8, 4) is 0 Å². The number of fused-ring (bicyclic) bond motifs is 1. The van der Waals surface area contributed by atoms with Gasteiger partial charge in [-0.05, 0) is 31.5 Å². The molecular formula is C22H31N3O3S. The quantitative estimate of drug-likeness (QED) is 0.633. The van der Waals surface area contributed by atoms with Gasteiger partial charge in [0.05, 0.1) is 6.04 Å². The highest BCUT2D eigenvalue weighted by atomic mass is 32.2. The van der Waals surface area contributed by atoms with Gasteiger partial charge in [-0.3, -0.25) is 14.6 Å². The van der Waals surface area contributed by atoms with E-state index in [-0.39, 0.29) is 11.9 Å². The number of rotatable bonds is 9. The second kappa shape index (κ2) is 10.3. The fraction of sp³-hybridized carbons (Fsp3) is 0.545. The summed E-state index contributed by atoms with van der Waals surface area (Å²) in [6, 6.07) is 7.47. The summed E-state index contributed by atoms with van der Waals surface area (Å²) < 4.78 is 6.03. The minimum atomic E-state index is -0.414. The van der Waals surface area contributed by atoms with Gasteiger partial charge in [-0.15, -0.1) is 0 Å². The summed E-state index contributed by atoms with van der Waals surface area (Å²) in [5.41, 5.74) is 2.14. The van der Waals surface area contributed by atoms with Crippen LogP contribution in [0.2, 0.25) is 0 Å². The molecule has 158 valence electrons. The fourth-order valence-electron chi connectivity index (χ4n) is 3.89. The molecule has 1 aliphatic heterocycles. The van der Waals surface area contributed by atoms with Crippen LogP contribution in [0.25, 0.3) is 11.0 Å². The minimum Gasteiger partial charge on any atom is -0.461 e. The predicted octanol–water partition coefficient (Wildman–Crippen LogP) is 2.55. The first-order valence-corrected chi connectivity index (χ1v) is 11.6. The van der Waals surface area contributed by atoms with Crippen molar-refractivity contribution in [2.45, 2.75) is 38.4 Å². The molecule has 1 aliphatic rings. The number of para-hydroxylation sites is 1. The van der Waals surface area contributed by atoms with Gasteiger partial charge in [0, 0.05) is 43.5 Å². The highest BCUT2D eigenvalue weighted by Crippen LogP contribution is 2.28. The van der Waals surface area contributed by atoms with Gasteiger partial charge in [-0.25, -0.2) is 0 Å². The molecule has 29 heavy (non-hydrogen) atoms. The van der Waals surface area contributed by atoms with Crippen LogP contribution < -0.4 is 5.32 Å². The SMILES string of the molecule is CCc1oc2ccccc2c1CN1CCN(C)C(C(=O)NC(C=O)CCSC)C1. The Bertz CT molecular complexity index is 838. The molecule has 3 rings (SSSR count). The third kappa shape index (κ3) is 5.21. The van der Waals surface area contributed by atoms with Gasteiger partial charge in [0.15, 0.2) is 0 Å². The lowest BCUT2D eigenvalue weighted by Gasteiger charge is -2.38. The van der Waals surface area contributed by atoms with Crippen LogP contribution in [0, 0.1) is 0 Å². The third-order valence-corrected chi connectivity index (χ3v) is 6.29. The van der Waals surface area contributed by atoms with E-state index in [4.69, 9.17) is 4.42 Å². The van der Waals surface area contributed by atoms with E-state index in [0.29, 0.717) is 13.0 Å². The number of likely N-dealkylation sites (N-methyl/N-ethyl adjacent to an activating group) is 1. The van der Waals surface area contributed by atoms with Crippen molar-refractivity contribution in [1.29, 1.82) is 0 Å². The van der Waals surface area contributed by atoms with Gasteiger partial charge in [0.1, 0.15) is 23.7 Å². The number of piperazine rings is 1. The molecule has 1 N–H and O–H groups in total. The Kier molecular flexibility index (Phi) is 7.75. The number of hydrogen-bond acceptors (Lipinski definition) is 6. The molecule has 1 aromatic heterocycles. The third-order valence-electron chi connectivity index (χ3n) is 5.64. The lowest BCUT2D eigenvalue weighted by molar-refractivity contribution is -0.130. The van der Waals surface area contributed by atoms with E-state index in [9.17, 15) is 9.59 Å². The Balaban J connectivity index is 1.70. The molecule has 6 nitrogen and oxygen atoms in total. The van der Waals surface area contributed by atoms with E-state index in [1.54, 1.807) is 11.8 Å². The highest BCUT2D eigenvalue weighted by molar-refractivity contribution is 7.98. The topological polar surface area (TPSA) is 65.8 Å². The number of amides is 1. The lowest BCUT2D eigenvalue weighted by Crippen LogP contribution is -2.58. The number of aryl methyl sites for hydroxylation is 1. The first kappa shape index (κ1) is 21.9. The first-order valence-electron chi connectivity index (χ1n) is 10.2. The molecule has 0 spiro atoms. The molecular weight excluding hydrogens is 386 g/mol. The van der Waals surface area contributed by atoms with Gasteiger partial charge >= 0.3 is 0 Å². The average molecular weight is 418 g/mol. The van der Waals surface area contributed by atoms with Crippen LogP contribution in [0.4, 0.5) is 0 Å². The Morgan fingerprint density at radius 1 is 1.38 bits per heavy atom. The number of carbonyl (C=O) groups excluding carboxylic acids is 2.